The van der Waals surface area contributed by atoms with Crippen LogP contribution in [0.2, 0.25) is 0 Å². The summed E-state index contributed by atoms with van der Waals surface area (Å²) < 4.78 is 5.09. The van der Waals surface area contributed by atoms with E-state index in [4.69, 9.17) is 4.74 Å². The van der Waals surface area contributed by atoms with Gasteiger partial charge in [-0.25, -0.2) is 4.79 Å². The van der Waals surface area contributed by atoms with E-state index in [1.807, 2.05) is 11.8 Å². The average Bonchev–Trinajstić information content (AvgIpc) is 2.29. The normalized spacial score (nSPS) is 18.3. The fourth-order valence-electron chi connectivity index (χ4n) is 2.03. The number of ether oxygens (including phenoxy) is 1. The van der Waals surface area contributed by atoms with Gasteiger partial charge in [0.1, 0.15) is 0 Å². The average molecular weight is 256 g/mol. The van der Waals surface area contributed by atoms with Gasteiger partial charge in [-0.05, 0) is 26.2 Å². The monoisotopic (exact) mass is 256 g/mol. The third-order valence-electron chi connectivity index (χ3n) is 3.45. The van der Waals surface area contributed by atoms with Crippen LogP contribution < -0.4 is 5.32 Å². The van der Waals surface area contributed by atoms with Gasteiger partial charge in [0, 0.05) is 25.6 Å². The molecule has 2 amide bonds. The van der Waals surface area contributed by atoms with Gasteiger partial charge in [-0.2, -0.15) is 0 Å². The zero-order chi connectivity index (χ0) is 13.6. The smallest absolute Gasteiger partial charge is 0.407 e. The minimum absolute atomic E-state index is 0.0996. The Morgan fingerprint density at radius 2 is 1.94 bits per heavy atom. The number of hydrogen-bond donors (Lipinski definition) is 1. The van der Waals surface area contributed by atoms with Crippen molar-refractivity contribution in [1.82, 2.24) is 10.2 Å². The van der Waals surface area contributed by atoms with Crippen LogP contribution in [0, 0.1) is 0 Å². The highest BCUT2D eigenvalue weighted by molar-refractivity contribution is 5.73. The quantitative estimate of drug-likeness (QED) is 0.782. The van der Waals surface area contributed by atoms with Crippen LogP contribution in [0.4, 0.5) is 4.79 Å². The molecule has 1 N–H and O–H groups in total. The summed E-state index contributed by atoms with van der Waals surface area (Å²) in [5, 5.41) is 2.91. The number of hydrogen-bond acceptors (Lipinski definition) is 3. The zero-order valence-electron chi connectivity index (χ0n) is 11.6. The molecule has 5 heteroatoms. The minimum atomic E-state index is -0.345. The lowest BCUT2D eigenvalue weighted by atomic mass is 9.90. The van der Waals surface area contributed by atoms with Gasteiger partial charge < -0.3 is 15.0 Å². The van der Waals surface area contributed by atoms with E-state index in [1.165, 1.54) is 0 Å². The predicted molar refractivity (Wildman–Crippen MR) is 69.3 cm³/mol. The minimum Gasteiger partial charge on any atom is -0.450 e. The first-order chi connectivity index (χ1) is 8.47. The van der Waals surface area contributed by atoms with Crippen molar-refractivity contribution in [3.63, 3.8) is 0 Å². The van der Waals surface area contributed by atoms with E-state index >= 15 is 0 Å². The number of piperidine rings is 1. The lowest BCUT2D eigenvalue weighted by Crippen LogP contribution is -2.54. The summed E-state index contributed by atoms with van der Waals surface area (Å²) in [6, 6.07) is 0. The van der Waals surface area contributed by atoms with Gasteiger partial charge in [-0.1, -0.05) is 13.3 Å². The predicted octanol–water partition coefficient (Wildman–Crippen LogP) is 1.91. The molecule has 0 radical (unpaired) electrons. The number of nitrogens with one attached hydrogen (secondary N) is 1. The van der Waals surface area contributed by atoms with Crippen LogP contribution >= 0.6 is 0 Å². The molecule has 1 aliphatic heterocycles. The highest BCUT2D eigenvalue weighted by Gasteiger charge is 2.32. The molecule has 1 aliphatic rings. The molecule has 0 spiro atoms. The molecule has 1 rings (SSSR count). The Morgan fingerprint density at radius 1 is 1.33 bits per heavy atom. The Bertz CT molecular complexity index is 297. The van der Waals surface area contributed by atoms with E-state index in [0.717, 1.165) is 25.7 Å². The summed E-state index contributed by atoms with van der Waals surface area (Å²) in [6.07, 6.45) is 3.10. The van der Waals surface area contributed by atoms with Gasteiger partial charge in [-0.3, -0.25) is 4.79 Å². The largest absolute Gasteiger partial charge is 0.450 e. The van der Waals surface area contributed by atoms with E-state index in [0.29, 0.717) is 19.7 Å². The third kappa shape index (κ3) is 4.55. The van der Waals surface area contributed by atoms with E-state index in [1.54, 1.807) is 6.92 Å². The fraction of sp³-hybridized carbons (Fsp3) is 0.846. The number of unbranched alkanes of at least 4 members (excludes halogenated alkanes) is 1. The first-order valence-electron chi connectivity index (χ1n) is 6.67. The molecular weight excluding hydrogens is 232 g/mol. The number of nitrogens with zero attached hydrogens (tertiary/aromatic N) is 1. The van der Waals surface area contributed by atoms with Crippen molar-refractivity contribution in [2.24, 2.45) is 0 Å². The summed E-state index contributed by atoms with van der Waals surface area (Å²) >= 11 is 0. The van der Waals surface area contributed by atoms with Crippen LogP contribution in [0.3, 0.4) is 0 Å². The maximum absolute atomic E-state index is 11.6. The lowest BCUT2D eigenvalue weighted by molar-refractivity contribution is -0.130. The summed E-state index contributed by atoms with van der Waals surface area (Å²) in [4.78, 5) is 24.6. The number of rotatable bonds is 4. The van der Waals surface area contributed by atoms with Crippen LogP contribution in [0.25, 0.3) is 0 Å². The molecule has 0 atom stereocenters. The van der Waals surface area contributed by atoms with Gasteiger partial charge in [0.2, 0.25) is 5.91 Å². The van der Waals surface area contributed by atoms with Gasteiger partial charge in [0.15, 0.2) is 0 Å². The number of alkyl carbamates (subject to hydrolysis) is 1. The molecule has 1 heterocycles. The van der Waals surface area contributed by atoms with E-state index in [2.05, 4.69) is 12.2 Å². The molecule has 0 saturated carbocycles. The molecular formula is C13H24N2O3. The zero-order valence-corrected chi connectivity index (χ0v) is 11.6. The van der Waals surface area contributed by atoms with Crippen LogP contribution in [0.5, 0.6) is 0 Å². The van der Waals surface area contributed by atoms with Gasteiger partial charge in [-0.15, -0.1) is 0 Å². The lowest BCUT2D eigenvalue weighted by Gasteiger charge is -2.39. The Hall–Kier alpha value is -1.26. The SMILES string of the molecule is CCCCOC(=O)NC1(C)CCN(C(C)=O)CC1. The second-order valence-corrected chi connectivity index (χ2v) is 5.18. The van der Waals surface area contributed by atoms with Gasteiger partial charge in [0.25, 0.3) is 0 Å². The molecule has 1 fully saturated rings. The summed E-state index contributed by atoms with van der Waals surface area (Å²) in [5.41, 5.74) is -0.255. The van der Waals surface area contributed by atoms with Crippen molar-refractivity contribution < 1.29 is 14.3 Å². The van der Waals surface area contributed by atoms with Crippen LogP contribution in [-0.4, -0.2) is 42.1 Å². The first kappa shape index (κ1) is 14.8. The van der Waals surface area contributed by atoms with E-state index in [-0.39, 0.29) is 17.5 Å². The van der Waals surface area contributed by atoms with Crippen molar-refractivity contribution in [3.05, 3.63) is 0 Å². The highest BCUT2D eigenvalue weighted by atomic mass is 16.5. The number of likely N-dealkylation sites (tertiary alicyclic amines) is 1. The van der Waals surface area contributed by atoms with Crippen LogP contribution in [0.1, 0.15) is 46.5 Å². The Labute approximate surface area is 109 Å². The molecule has 1 saturated heterocycles. The Morgan fingerprint density at radius 3 is 2.44 bits per heavy atom. The van der Waals surface area contributed by atoms with Crippen molar-refractivity contribution in [3.8, 4) is 0 Å². The second-order valence-electron chi connectivity index (χ2n) is 5.18. The molecule has 0 aromatic carbocycles. The molecule has 0 aliphatic carbocycles. The first-order valence-corrected chi connectivity index (χ1v) is 6.67. The maximum Gasteiger partial charge on any atom is 0.407 e. The molecule has 0 bridgehead atoms. The van der Waals surface area contributed by atoms with Gasteiger partial charge >= 0.3 is 6.09 Å². The van der Waals surface area contributed by atoms with Crippen molar-refractivity contribution in [2.75, 3.05) is 19.7 Å². The number of carbonyl (C=O) groups excluding carboxylic acids is 2. The fourth-order valence-corrected chi connectivity index (χ4v) is 2.03. The van der Waals surface area contributed by atoms with Crippen LogP contribution in [0.15, 0.2) is 0 Å². The molecule has 5 nitrogen and oxygen atoms in total. The highest BCUT2D eigenvalue weighted by Crippen LogP contribution is 2.21. The van der Waals surface area contributed by atoms with E-state index < -0.39 is 0 Å². The van der Waals surface area contributed by atoms with Crippen molar-refractivity contribution in [2.45, 2.75) is 52.0 Å². The summed E-state index contributed by atoms with van der Waals surface area (Å²) in [5.74, 6) is 0.0996. The van der Waals surface area contributed by atoms with Crippen molar-refractivity contribution in [1.29, 1.82) is 0 Å². The number of amides is 2. The summed E-state index contributed by atoms with van der Waals surface area (Å²) in [7, 11) is 0. The topological polar surface area (TPSA) is 58.6 Å². The second kappa shape index (κ2) is 6.61. The Balaban J connectivity index is 2.33. The molecule has 0 aromatic rings. The third-order valence-corrected chi connectivity index (χ3v) is 3.45. The standard InChI is InChI=1S/C13H24N2O3/c1-4-5-10-18-12(17)14-13(3)6-8-15(9-7-13)11(2)16/h4-10H2,1-3H3,(H,14,17). The van der Waals surface area contributed by atoms with E-state index in [9.17, 15) is 9.59 Å². The van der Waals surface area contributed by atoms with Crippen LogP contribution in [-0.2, 0) is 9.53 Å². The van der Waals surface area contributed by atoms with Gasteiger partial charge in [0.05, 0.1) is 6.61 Å². The molecule has 104 valence electrons. The molecule has 0 unspecified atom stereocenters. The summed E-state index contributed by atoms with van der Waals surface area (Å²) in [6.45, 7) is 7.50. The molecule has 0 aromatic heterocycles. The number of carbonyl (C=O) groups is 2. The maximum atomic E-state index is 11.6. The molecule has 18 heavy (non-hydrogen) atoms. The van der Waals surface area contributed by atoms with Crippen molar-refractivity contribution >= 4 is 12.0 Å². The Kier molecular flexibility index (Phi) is 5.44.